The Labute approximate surface area is 104 Å². The van der Waals surface area contributed by atoms with Crippen molar-refractivity contribution in [2.45, 2.75) is 25.6 Å². The van der Waals surface area contributed by atoms with Gasteiger partial charge in [0.05, 0.1) is 13.2 Å². The first-order valence-corrected chi connectivity index (χ1v) is 5.39. The van der Waals surface area contributed by atoms with Crippen LogP contribution in [0.25, 0.3) is 0 Å². The molecule has 2 N–H and O–H groups in total. The van der Waals surface area contributed by atoms with Crippen molar-refractivity contribution in [2.75, 3.05) is 7.11 Å². The van der Waals surface area contributed by atoms with Crippen LogP contribution in [0.3, 0.4) is 0 Å². The molecule has 0 fully saturated rings. The summed E-state index contributed by atoms with van der Waals surface area (Å²) in [6.07, 6.45) is -0.985. The highest BCUT2D eigenvalue weighted by atomic mass is 19.1. The maximum atomic E-state index is 13.3. The molecule has 1 rings (SSSR count). The molecule has 0 saturated carbocycles. The molecular weight excluding hydrogens is 244 g/mol. The summed E-state index contributed by atoms with van der Waals surface area (Å²) >= 11 is 0. The smallest absolute Gasteiger partial charge is 0.325 e. The maximum Gasteiger partial charge on any atom is 0.325 e. The molecule has 2 atom stereocenters. The molecule has 1 aromatic carbocycles. The molecule has 0 radical (unpaired) electrons. The molecule has 0 aliphatic heterocycles. The van der Waals surface area contributed by atoms with Crippen LogP contribution in [-0.2, 0) is 16.1 Å². The second-order valence-corrected chi connectivity index (χ2v) is 3.86. The van der Waals surface area contributed by atoms with Crippen LogP contribution in [0, 0.1) is 11.6 Å². The molecular formula is C12H15F2NO3. The minimum atomic E-state index is -0.985. The van der Waals surface area contributed by atoms with Crippen LogP contribution in [0.15, 0.2) is 18.2 Å². The van der Waals surface area contributed by atoms with Crippen LogP contribution in [0.4, 0.5) is 8.78 Å². The number of ether oxygens (including phenoxy) is 1. The Hall–Kier alpha value is -1.53. The summed E-state index contributed by atoms with van der Waals surface area (Å²) in [6.45, 7) is 1.40. The van der Waals surface area contributed by atoms with Gasteiger partial charge in [-0.2, -0.15) is 0 Å². The average molecular weight is 259 g/mol. The Bertz CT molecular complexity index is 424. The number of esters is 1. The summed E-state index contributed by atoms with van der Waals surface area (Å²) in [5, 5.41) is 12.0. The number of rotatable bonds is 5. The Balaban J connectivity index is 2.70. The molecule has 0 bridgehead atoms. The molecule has 4 nitrogen and oxygen atoms in total. The summed E-state index contributed by atoms with van der Waals surface area (Å²) in [5.41, 5.74) is 0.200. The Morgan fingerprint density at radius 1 is 1.50 bits per heavy atom. The van der Waals surface area contributed by atoms with Crippen LogP contribution in [0.5, 0.6) is 0 Å². The number of carbonyl (C=O) groups is 1. The number of hydrogen-bond donors (Lipinski definition) is 2. The Kier molecular flexibility index (Phi) is 5.18. The molecule has 0 aromatic heterocycles. The molecule has 0 heterocycles. The van der Waals surface area contributed by atoms with Crippen molar-refractivity contribution >= 4 is 5.97 Å². The molecule has 6 heteroatoms. The highest BCUT2D eigenvalue weighted by Crippen LogP contribution is 2.10. The zero-order chi connectivity index (χ0) is 13.7. The van der Waals surface area contributed by atoms with Gasteiger partial charge in [0.25, 0.3) is 0 Å². The summed E-state index contributed by atoms with van der Waals surface area (Å²) < 4.78 is 30.5. The molecule has 0 spiro atoms. The van der Waals surface area contributed by atoms with Crippen LogP contribution >= 0.6 is 0 Å². The van der Waals surface area contributed by atoms with E-state index in [-0.39, 0.29) is 12.1 Å². The van der Waals surface area contributed by atoms with Gasteiger partial charge in [0.1, 0.15) is 17.7 Å². The van der Waals surface area contributed by atoms with Gasteiger partial charge in [0, 0.05) is 18.2 Å². The van der Waals surface area contributed by atoms with Crippen LogP contribution < -0.4 is 5.32 Å². The van der Waals surface area contributed by atoms with Crippen LogP contribution in [0.2, 0.25) is 0 Å². The lowest BCUT2D eigenvalue weighted by Gasteiger charge is -2.19. The fourth-order valence-electron chi connectivity index (χ4n) is 1.46. The maximum absolute atomic E-state index is 13.3. The van der Waals surface area contributed by atoms with Crippen LogP contribution in [0.1, 0.15) is 12.5 Å². The second kappa shape index (κ2) is 6.42. The number of nitrogens with one attached hydrogen (secondary N) is 1. The normalized spacial score (nSPS) is 14.1. The largest absolute Gasteiger partial charge is 0.468 e. The van der Waals surface area contributed by atoms with Crippen molar-refractivity contribution in [1.29, 1.82) is 0 Å². The monoisotopic (exact) mass is 259 g/mol. The number of benzene rings is 1. The van der Waals surface area contributed by atoms with E-state index in [4.69, 9.17) is 0 Å². The Morgan fingerprint density at radius 2 is 2.17 bits per heavy atom. The van der Waals surface area contributed by atoms with Gasteiger partial charge in [0.2, 0.25) is 0 Å². The van der Waals surface area contributed by atoms with Gasteiger partial charge in [0.15, 0.2) is 0 Å². The van der Waals surface area contributed by atoms with E-state index in [1.165, 1.54) is 20.1 Å². The van der Waals surface area contributed by atoms with Crippen molar-refractivity contribution in [2.24, 2.45) is 0 Å². The number of methoxy groups -OCH3 is 1. The van der Waals surface area contributed by atoms with Crippen molar-refractivity contribution in [3.63, 3.8) is 0 Å². The number of aliphatic hydroxyl groups is 1. The van der Waals surface area contributed by atoms with E-state index in [9.17, 15) is 18.7 Å². The lowest BCUT2D eigenvalue weighted by molar-refractivity contribution is -0.145. The molecule has 0 aliphatic carbocycles. The van der Waals surface area contributed by atoms with Gasteiger partial charge in [-0.05, 0) is 13.0 Å². The van der Waals surface area contributed by atoms with Gasteiger partial charge in [-0.3, -0.25) is 10.1 Å². The van der Waals surface area contributed by atoms with Crippen molar-refractivity contribution in [3.8, 4) is 0 Å². The van der Waals surface area contributed by atoms with Gasteiger partial charge in [-0.15, -0.1) is 0 Å². The van der Waals surface area contributed by atoms with E-state index < -0.39 is 29.7 Å². The average Bonchev–Trinajstić information content (AvgIpc) is 2.31. The van der Waals surface area contributed by atoms with Gasteiger partial charge in [-0.25, -0.2) is 8.78 Å². The SMILES string of the molecule is COC(=O)C(NCc1ccc(F)cc1F)C(C)O. The van der Waals surface area contributed by atoms with Gasteiger partial charge >= 0.3 is 5.97 Å². The predicted octanol–water partition coefficient (Wildman–Crippen LogP) is 0.977. The Morgan fingerprint density at radius 3 is 2.67 bits per heavy atom. The first-order chi connectivity index (χ1) is 8.45. The highest BCUT2D eigenvalue weighted by molar-refractivity contribution is 5.76. The molecule has 18 heavy (non-hydrogen) atoms. The molecule has 100 valence electrons. The first-order valence-electron chi connectivity index (χ1n) is 5.39. The summed E-state index contributed by atoms with van der Waals surface area (Å²) in [6, 6.07) is 2.19. The molecule has 2 unspecified atom stereocenters. The number of carbonyl (C=O) groups excluding carboxylic acids is 1. The highest BCUT2D eigenvalue weighted by Gasteiger charge is 2.24. The fourth-order valence-corrected chi connectivity index (χ4v) is 1.46. The lowest BCUT2D eigenvalue weighted by Crippen LogP contribution is -2.45. The third kappa shape index (κ3) is 3.75. The summed E-state index contributed by atoms with van der Waals surface area (Å²) in [5.74, 6) is -2.03. The van der Waals surface area contributed by atoms with E-state index in [0.29, 0.717) is 0 Å². The van der Waals surface area contributed by atoms with Crippen molar-refractivity contribution in [1.82, 2.24) is 5.32 Å². The fraction of sp³-hybridized carbons (Fsp3) is 0.417. The predicted molar refractivity (Wildman–Crippen MR) is 60.7 cm³/mol. The topological polar surface area (TPSA) is 58.6 Å². The van der Waals surface area contributed by atoms with Crippen molar-refractivity contribution in [3.05, 3.63) is 35.4 Å². The molecule has 0 amide bonds. The third-order valence-electron chi connectivity index (χ3n) is 2.47. The second-order valence-electron chi connectivity index (χ2n) is 3.86. The molecule has 0 saturated heterocycles. The van der Waals surface area contributed by atoms with E-state index in [1.807, 2.05) is 0 Å². The van der Waals surface area contributed by atoms with E-state index >= 15 is 0 Å². The van der Waals surface area contributed by atoms with E-state index in [2.05, 4.69) is 10.1 Å². The number of hydrogen-bond acceptors (Lipinski definition) is 4. The van der Waals surface area contributed by atoms with Crippen molar-refractivity contribution < 1.29 is 23.4 Å². The quantitative estimate of drug-likeness (QED) is 0.774. The first kappa shape index (κ1) is 14.5. The van der Waals surface area contributed by atoms with E-state index in [1.54, 1.807) is 0 Å². The minimum Gasteiger partial charge on any atom is -0.468 e. The third-order valence-corrected chi connectivity index (χ3v) is 2.47. The molecule has 0 aliphatic rings. The minimum absolute atomic E-state index is 0.0171. The van der Waals surface area contributed by atoms with Gasteiger partial charge in [-0.1, -0.05) is 6.07 Å². The van der Waals surface area contributed by atoms with Crippen LogP contribution in [-0.4, -0.2) is 30.3 Å². The summed E-state index contributed by atoms with van der Waals surface area (Å²) in [7, 11) is 1.19. The summed E-state index contributed by atoms with van der Waals surface area (Å²) in [4.78, 5) is 11.3. The van der Waals surface area contributed by atoms with Gasteiger partial charge < -0.3 is 9.84 Å². The standard InChI is InChI=1S/C12H15F2NO3/c1-7(16)11(12(17)18-2)15-6-8-3-4-9(13)5-10(8)14/h3-5,7,11,15-16H,6H2,1-2H3. The number of halogens is 2. The van der Waals surface area contributed by atoms with E-state index in [0.717, 1.165) is 12.1 Å². The zero-order valence-corrected chi connectivity index (χ0v) is 10.1. The lowest BCUT2D eigenvalue weighted by atomic mass is 10.1. The number of aliphatic hydroxyl groups excluding tert-OH is 1. The zero-order valence-electron chi connectivity index (χ0n) is 10.1. The molecule has 1 aromatic rings.